The van der Waals surface area contributed by atoms with Crippen molar-refractivity contribution < 1.29 is 18.4 Å². The van der Waals surface area contributed by atoms with Gasteiger partial charge in [-0.05, 0) is 35.9 Å². The quantitative estimate of drug-likeness (QED) is 0.600. The molecule has 2 aromatic rings. The van der Waals surface area contributed by atoms with E-state index in [4.69, 9.17) is 0 Å². The molecule has 0 atom stereocenters. The molecule has 0 aliphatic heterocycles. The maximum absolute atomic E-state index is 13.9. The molecule has 2 N–H and O–H groups in total. The van der Waals surface area contributed by atoms with E-state index in [1.54, 1.807) is 24.3 Å². The number of amides is 3. The smallest absolute Gasteiger partial charge is 0.315 e. The Labute approximate surface area is 170 Å². The number of carbonyl (C=O) groups excluding carboxylic acids is 2. The molecule has 0 saturated heterocycles. The highest BCUT2D eigenvalue weighted by molar-refractivity contribution is 9.10. The fourth-order valence-corrected chi connectivity index (χ4v) is 2.80. The average molecular weight is 452 g/mol. The summed E-state index contributed by atoms with van der Waals surface area (Å²) in [5.41, 5.74) is 1.08. The summed E-state index contributed by atoms with van der Waals surface area (Å²) < 4.78 is 27.5. The Bertz CT molecular complexity index is 844. The van der Waals surface area contributed by atoms with Crippen LogP contribution in [0.5, 0.6) is 0 Å². The molecule has 5 nitrogen and oxygen atoms in total. The van der Waals surface area contributed by atoms with Gasteiger partial charge in [-0.3, -0.25) is 4.79 Å². The van der Waals surface area contributed by atoms with Gasteiger partial charge in [0.1, 0.15) is 11.6 Å². The molecule has 0 aromatic heterocycles. The second kappa shape index (κ2) is 10.6. The van der Waals surface area contributed by atoms with E-state index in [1.807, 2.05) is 0 Å². The second-order valence-electron chi connectivity index (χ2n) is 5.96. The number of benzene rings is 2. The van der Waals surface area contributed by atoms with Crippen molar-refractivity contribution in [1.29, 1.82) is 0 Å². The predicted molar refractivity (Wildman–Crippen MR) is 106 cm³/mol. The molecule has 148 valence electrons. The summed E-state index contributed by atoms with van der Waals surface area (Å²) in [5, 5.41) is 5.04. The van der Waals surface area contributed by atoms with Crippen molar-refractivity contribution in [3.63, 3.8) is 0 Å². The minimum atomic E-state index is -0.537. The highest BCUT2D eigenvalue weighted by Gasteiger charge is 2.16. The van der Waals surface area contributed by atoms with Gasteiger partial charge in [-0.25, -0.2) is 13.6 Å². The number of carbonyl (C=O) groups is 2. The third kappa shape index (κ3) is 6.77. The first kappa shape index (κ1) is 21.6. The monoisotopic (exact) mass is 451 g/mol. The second-order valence-corrected chi connectivity index (χ2v) is 6.88. The van der Waals surface area contributed by atoms with Crippen molar-refractivity contribution in [3.8, 4) is 0 Å². The van der Waals surface area contributed by atoms with Crippen LogP contribution in [0.1, 0.15) is 11.1 Å². The van der Waals surface area contributed by atoms with Gasteiger partial charge < -0.3 is 15.5 Å². The summed E-state index contributed by atoms with van der Waals surface area (Å²) in [6, 6.07) is 9.66. The van der Waals surface area contributed by atoms with E-state index >= 15 is 0 Å². The van der Waals surface area contributed by atoms with Gasteiger partial charge in [-0.2, -0.15) is 0 Å². The molecule has 0 bridgehead atoms. The first-order chi connectivity index (χ1) is 13.4. The van der Waals surface area contributed by atoms with Gasteiger partial charge in [0, 0.05) is 29.7 Å². The van der Waals surface area contributed by atoms with Crippen LogP contribution in [-0.2, 0) is 17.9 Å². The van der Waals surface area contributed by atoms with E-state index in [0.717, 1.165) is 5.56 Å². The maximum Gasteiger partial charge on any atom is 0.315 e. The summed E-state index contributed by atoms with van der Waals surface area (Å²) in [6.07, 6.45) is 1.53. The third-order valence-corrected chi connectivity index (χ3v) is 4.33. The Balaban J connectivity index is 1.87. The highest BCUT2D eigenvalue weighted by Crippen LogP contribution is 2.17. The normalized spacial score (nSPS) is 10.2. The van der Waals surface area contributed by atoms with Crippen LogP contribution >= 0.6 is 15.9 Å². The van der Waals surface area contributed by atoms with E-state index in [0.29, 0.717) is 10.0 Å². The number of nitrogens with one attached hydrogen (secondary N) is 2. The van der Waals surface area contributed by atoms with Crippen molar-refractivity contribution in [1.82, 2.24) is 15.5 Å². The molecule has 2 rings (SSSR count). The lowest BCUT2D eigenvalue weighted by molar-refractivity contribution is -0.130. The highest BCUT2D eigenvalue weighted by atomic mass is 79.9. The first-order valence-corrected chi connectivity index (χ1v) is 9.27. The van der Waals surface area contributed by atoms with Crippen molar-refractivity contribution in [3.05, 3.63) is 82.4 Å². The number of urea groups is 1. The molecule has 0 aliphatic carbocycles. The van der Waals surface area contributed by atoms with Gasteiger partial charge >= 0.3 is 6.03 Å². The standard InChI is InChI=1S/C20H20BrF2N3O2/c1-2-9-26(13-15-10-16(21)5-8-18(15)23)19(27)12-25-20(28)24-11-14-3-6-17(22)7-4-14/h2-8,10H,1,9,11-13H2,(H2,24,25,28). The Morgan fingerprint density at radius 3 is 2.50 bits per heavy atom. The van der Waals surface area contributed by atoms with E-state index in [-0.39, 0.29) is 37.9 Å². The minimum absolute atomic E-state index is 0.0506. The lowest BCUT2D eigenvalue weighted by atomic mass is 10.2. The summed E-state index contributed by atoms with van der Waals surface area (Å²) in [5.74, 6) is -1.16. The molecule has 0 saturated carbocycles. The zero-order valence-electron chi connectivity index (χ0n) is 15.1. The average Bonchev–Trinajstić information content (AvgIpc) is 2.68. The first-order valence-electron chi connectivity index (χ1n) is 8.47. The predicted octanol–water partition coefficient (Wildman–Crippen LogP) is 3.74. The Kier molecular flexibility index (Phi) is 8.13. The van der Waals surface area contributed by atoms with Crippen LogP contribution in [0.4, 0.5) is 13.6 Å². The molecule has 8 heteroatoms. The van der Waals surface area contributed by atoms with Gasteiger partial charge in [-0.1, -0.05) is 34.1 Å². The van der Waals surface area contributed by atoms with Crippen molar-refractivity contribution in [2.45, 2.75) is 13.1 Å². The minimum Gasteiger partial charge on any atom is -0.334 e. The fourth-order valence-electron chi connectivity index (χ4n) is 2.40. The number of hydrogen-bond acceptors (Lipinski definition) is 2. The maximum atomic E-state index is 13.9. The zero-order chi connectivity index (χ0) is 20.5. The summed E-state index contributed by atoms with van der Waals surface area (Å²) >= 11 is 3.28. The SMILES string of the molecule is C=CCN(Cc1cc(Br)ccc1F)C(=O)CNC(=O)NCc1ccc(F)cc1. The van der Waals surface area contributed by atoms with E-state index in [1.165, 1.54) is 29.2 Å². The van der Waals surface area contributed by atoms with Crippen molar-refractivity contribution >= 4 is 27.9 Å². The molecule has 0 unspecified atom stereocenters. The molecular weight excluding hydrogens is 432 g/mol. The molecular formula is C20H20BrF2N3O2. The molecule has 2 aromatic carbocycles. The Morgan fingerprint density at radius 2 is 1.82 bits per heavy atom. The van der Waals surface area contributed by atoms with Gasteiger partial charge in [-0.15, -0.1) is 6.58 Å². The number of rotatable bonds is 8. The van der Waals surface area contributed by atoms with Gasteiger partial charge in [0.05, 0.1) is 6.54 Å². The van der Waals surface area contributed by atoms with Crippen LogP contribution < -0.4 is 10.6 Å². The number of halogens is 3. The van der Waals surface area contributed by atoms with Crippen LogP contribution in [0.15, 0.2) is 59.6 Å². The van der Waals surface area contributed by atoms with Crippen molar-refractivity contribution in [2.24, 2.45) is 0 Å². The van der Waals surface area contributed by atoms with Gasteiger partial charge in [0.25, 0.3) is 0 Å². The van der Waals surface area contributed by atoms with Crippen LogP contribution in [0, 0.1) is 11.6 Å². The zero-order valence-corrected chi connectivity index (χ0v) is 16.6. The van der Waals surface area contributed by atoms with E-state index < -0.39 is 11.8 Å². The molecule has 3 amide bonds. The lowest BCUT2D eigenvalue weighted by Gasteiger charge is -2.22. The number of hydrogen-bond donors (Lipinski definition) is 2. The Morgan fingerprint density at radius 1 is 1.11 bits per heavy atom. The molecule has 0 fully saturated rings. The van der Waals surface area contributed by atoms with Gasteiger partial charge in [0.15, 0.2) is 0 Å². The van der Waals surface area contributed by atoms with Crippen LogP contribution in [0.2, 0.25) is 0 Å². The number of nitrogens with zero attached hydrogens (tertiary/aromatic N) is 1. The molecule has 28 heavy (non-hydrogen) atoms. The fraction of sp³-hybridized carbons (Fsp3) is 0.200. The van der Waals surface area contributed by atoms with Crippen LogP contribution in [0.25, 0.3) is 0 Å². The molecule has 0 spiro atoms. The lowest BCUT2D eigenvalue weighted by Crippen LogP contribution is -2.43. The largest absolute Gasteiger partial charge is 0.334 e. The van der Waals surface area contributed by atoms with Gasteiger partial charge in [0.2, 0.25) is 5.91 Å². The molecule has 0 heterocycles. The summed E-state index contributed by atoms with van der Waals surface area (Å²) in [7, 11) is 0. The Hall–Kier alpha value is -2.74. The molecule has 0 aliphatic rings. The topological polar surface area (TPSA) is 61.4 Å². The third-order valence-electron chi connectivity index (χ3n) is 3.84. The summed E-state index contributed by atoms with van der Waals surface area (Å²) in [4.78, 5) is 25.7. The van der Waals surface area contributed by atoms with Crippen LogP contribution in [-0.4, -0.2) is 29.9 Å². The summed E-state index contributed by atoms with van der Waals surface area (Å²) in [6.45, 7) is 3.81. The van der Waals surface area contributed by atoms with E-state index in [9.17, 15) is 18.4 Å². The van der Waals surface area contributed by atoms with E-state index in [2.05, 4.69) is 33.1 Å². The van der Waals surface area contributed by atoms with Crippen LogP contribution in [0.3, 0.4) is 0 Å². The van der Waals surface area contributed by atoms with Crippen molar-refractivity contribution in [2.75, 3.05) is 13.1 Å². The molecule has 0 radical (unpaired) electrons.